The molecule has 1 aromatic carbocycles. The van der Waals surface area contributed by atoms with Gasteiger partial charge in [0.05, 0.1) is 13.2 Å². The number of benzene rings is 1. The Kier molecular flexibility index (Phi) is 6.39. The number of hydrogen-bond donors (Lipinski definition) is 1. The van der Waals surface area contributed by atoms with Crippen LogP contribution in [0.5, 0.6) is 0 Å². The number of carbonyl (C=O) groups is 1. The van der Waals surface area contributed by atoms with Crippen molar-refractivity contribution in [3.63, 3.8) is 0 Å². The maximum Gasteiger partial charge on any atom is 0.236 e. The Hall–Kier alpha value is -1.39. The summed E-state index contributed by atoms with van der Waals surface area (Å²) in [6.07, 6.45) is 0. The smallest absolute Gasteiger partial charge is 0.236 e. The molecule has 18 heavy (non-hydrogen) atoms. The number of nitrogens with zero attached hydrogens (tertiary/aromatic N) is 1. The molecule has 0 saturated heterocycles. The normalized spacial score (nSPS) is 10.4. The van der Waals surface area contributed by atoms with E-state index in [0.717, 1.165) is 0 Å². The highest BCUT2D eigenvalue weighted by atomic mass is 16.5. The fourth-order valence-electron chi connectivity index (χ4n) is 1.64. The summed E-state index contributed by atoms with van der Waals surface area (Å²) in [4.78, 5) is 13.6. The van der Waals surface area contributed by atoms with Crippen molar-refractivity contribution in [2.24, 2.45) is 0 Å². The first kappa shape index (κ1) is 14.7. The number of rotatable bonds is 7. The lowest BCUT2D eigenvalue weighted by atomic mass is 10.1. The van der Waals surface area contributed by atoms with E-state index in [0.29, 0.717) is 26.2 Å². The minimum Gasteiger partial charge on any atom is -0.383 e. The van der Waals surface area contributed by atoms with Crippen LogP contribution in [0.3, 0.4) is 0 Å². The van der Waals surface area contributed by atoms with E-state index >= 15 is 0 Å². The Morgan fingerprint density at radius 3 is 2.78 bits per heavy atom. The molecule has 1 N–H and O–H groups in total. The van der Waals surface area contributed by atoms with Gasteiger partial charge in [-0.05, 0) is 18.1 Å². The van der Waals surface area contributed by atoms with Gasteiger partial charge in [-0.3, -0.25) is 4.79 Å². The molecule has 1 aromatic rings. The van der Waals surface area contributed by atoms with Crippen LogP contribution in [0.2, 0.25) is 0 Å². The van der Waals surface area contributed by atoms with Gasteiger partial charge in [0, 0.05) is 27.2 Å². The van der Waals surface area contributed by atoms with Crippen LogP contribution in [0.25, 0.3) is 0 Å². The summed E-state index contributed by atoms with van der Waals surface area (Å²) in [5.74, 6) is 0.0920. The first-order valence-corrected chi connectivity index (χ1v) is 6.13. The van der Waals surface area contributed by atoms with Crippen LogP contribution in [0.15, 0.2) is 24.3 Å². The maximum atomic E-state index is 11.8. The lowest BCUT2D eigenvalue weighted by molar-refractivity contribution is -0.129. The molecular weight excluding hydrogens is 228 g/mol. The number of amides is 1. The van der Waals surface area contributed by atoms with Crippen LogP contribution in [0, 0.1) is 6.92 Å². The summed E-state index contributed by atoms with van der Waals surface area (Å²) in [6, 6.07) is 8.12. The molecule has 0 aromatic heterocycles. The van der Waals surface area contributed by atoms with E-state index in [9.17, 15) is 4.79 Å². The fraction of sp³-hybridized carbons (Fsp3) is 0.500. The summed E-state index contributed by atoms with van der Waals surface area (Å²) in [5.41, 5.74) is 2.40. The second kappa shape index (κ2) is 7.84. The quantitative estimate of drug-likeness (QED) is 0.739. The zero-order chi connectivity index (χ0) is 13.4. The second-order valence-corrected chi connectivity index (χ2v) is 4.35. The van der Waals surface area contributed by atoms with E-state index in [1.54, 1.807) is 12.0 Å². The van der Waals surface area contributed by atoms with E-state index in [1.807, 2.05) is 19.2 Å². The standard InChI is InChI=1S/C14H22N2O2/c1-12-6-4-5-7-13(12)11-16(2)14(17)10-15-8-9-18-3/h4-7,15H,8-11H2,1-3H3. The molecule has 0 aliphatic carbocycles. The van der Waals surface area contributed by atoms with Crippen LogP contribution in [-0.2, 0) is 16.1 Å². The van der Waals surface area contributed by atoms with Crippen LogP contribution in [0.1, 0.15) is 11.1 Å². The predicted molar refractivity (Wildman–Crippen MR) is 72.4 cm³/mol. The number of hydrogen-bond acceptors (Lipinski definition) is 3. The third kappa shape index (κ3) is 4.85. The monoisotopic (exact) mass is 250 g/mol. The van der Waals surface area contributed by atoms with Crippen LogP contribution in [-0.4, -0.2) is 44.7 Å². The van der Waals surface area contributed by atoms with Gasteiger partial charge in [0.1, 0.15) is 0 Å². The fourth-order valence-corrected chi connectivity index (χ4v) is 1.64. The molecule has 0 aliphatic rings. The molecule has 0 radical (unpaired) electrons. The molecule has 0 bridgehead atoms. The maximum absolute atomic E-state index is 11.8. The zero-order valence-corrected chi connectivity index (χ0v) is 11.4. The van der Waals surface area contributed by atoms with Crippen molar-refractivity contribution >= 4 is 5.91 Å². The summed E-state index contributed by atoms with van der Waals surface area (Å²) in [6.45, 7) is 4.38. The van der Waals surface area contributed by atoms with Gasteiger partial charge in [-0.25, -0.2) is 0 Å². The molecule has 100 valence electrons. The lowest BCUT2D eigenvalue weighted by Crippen LogP contribution is -2.36. The highest BCUT2D eigenvalue weighted by molar-refractivity contribution is 5.78. The van der Waals surface area contributed by atoms with E-state index in [-0.39, 0.29) is 5.91 Å². The number of ether oxygens (including phenoxy) is 1. The third-order valence-electron chi connectivity index (χ3n) is 2.85. The average Bonchev–Trinajstić information content (AvgIpc) is 2.37. The molecule has 1 amide bonds. The minimum absolute atomic E-state index is 0.0920. The predicted octanol–water partition coefficient (Wildman–Crippen LogP) is 1.19. The van der Waals surface area contributed by atoms with Gasteiger partial charge in [0.2, 0.25) is 5.91 Å². The van der Waals surface area contributed by atoms with E-state index in [4.69, 9.17) is 4.74 Å². The van der Waals surface area contributed by atoms with Crippen molar-refractivity contribution in [2.45, 2.75) is 13.5 Å². The van der Waals surface area contributed by atoms with Gasteiger partial charge in [-0.1, -0.05) is 24.3 Å². The molecule has 0 spiro atoms. The lowest BCUT2D eigenvalue weighted by Gasteiger charge is -2.18. The van der Waals surface area contributed by atoms with Gasteiger partial charge in [0.15, 0.2) is 0 Å². The molecule has 0 atom stereocenters. The van der Waals surface area contributed by atoms with Crippen molar-refractivity contribution in [2.75, 3.05) is 33.9 Å². The van der Waals surface area contributed by atoms with Crippen LogP contribution >= 0.6 is 0 Å². The molecule has 0 heterocycles. The zero-order valence-electron chi connectivity index (χ0n) is 11.4. The molecule has 1 rings (SSSR count). The number of likely N-dealkylation sites (N-methyl/N-ethyl adjacent to an activating group) is 1. The Labute approximate surface area is 109 Å². The molecule has 0 unspecified atom stereocenters. The molecule has 4 heteroatoms. The third-order valence-corrected chi connectivity index (χ3v) is 2.85. The molecule has 4 nitrogen and oxygen atoms in total. The topological polar surface area (TPSA) is 41.6 Å². The van der Waals surface area contributed by atoms with Gasteiger partial charge < -0.3 is 15.0 Å². The van der Waals surface area contributed by atoms with Crippen molar-refractivity contribution in [3.8, 4) is 0 Å². The Morgan fingerprint density at radius 2 is 2.11 bits per heavy atom. The summed E-state index contributed by atoms with van der Waals surface area (Å²) in [7, 11) is 3.47. The summed E-state index contributed by atoms with van der Waals surface area (Å²) in [5, 5.41) is 3.05. The highest BCUT2D eigenvalue weighted by Gasteiger charge is 2.09. The molecule has 0 saturated carbocycles. The van der Waals surface area contributed by atoms with E-state index in [1.165, 1.54) is 11.1 Å². The Balaban J connectivity index is 2.38. The summed E-state index contributed by atoms with van der Waals surface area (Å²) >= 11 is 0. The minimum atomic E-state index is 0.0920. The first-order valence-electron chi connectivity index (χ1n) is 6.13. The van der Waals surface area contributed by atoms with Crippen molar-refractivity contribution in [1.29, 1.82) is 0 Å². The van der Waals surface area contributed by atoms with Crippen LogP contribution < -0.4 is 5.32 Å². The molecule has 0 fully saturated rings. The van der Waals surface area contributed by atoms with Gasteiger partial charge >= 0.3 is 0 Å². The van der Waals surface area contributed by atoms with Crippen LogP contribution in [0.4, 0.5) is 0 Å². The molecule has 0 aliphatic heterocycles. The average molecular weight is 250 g/mol. The van der Waals surface area contributed by atoms with E-state index < -0.39 is 0 Å². The van der Waals surface area contributed by atoms with Gasteiger partial charge in [-0.2, -0.15) is 0 Å². The van der Waals surface area contributed by atoms with Crippen molar-refractivity contribution in [1.82, 2.24) is 10.2 Å². The number of carbonyl (C=O) groups excluding carboxylic acids is 1. The Morgan fingerprint density at radius 1 is 1.39 bits per heavy atom. The highest BCUT2D eigenvalue weighted by Crippen LogP contribution is 2.09. The van der Waals surface area contributed by atoms with Gasteiger partial charge in [0.25, 0.3) is 0 Å². The largest absolute Gasteiger partial charge is 0.383 e. The second-order valence-electron chi connectivity index (χ2n) is 4.35. The number of aryl methyl sites for hydroxylation is 1. The van der Waals surface area contributed by atoms with Gasteiger partial charge in [-0.15, -0.1) is 0 Å². The van der Waals surface area contributed by atoms with Crippen molar-refractivity contribution < 1.29 is 9.53 Å². The molecular formula is C14H22N2O2. The first-order chi connectivity index (χ1) is 8.65. The van der Waals surface area contributed by atoms with Crippen molar-refractivity contribution in [3.05, 3.63) is 35.4 Å². The summed E-state index contributed by atoms with van der Waals surface area (Å²) < 4.78 is 4.91. The number of nitrogens with one attached hydrogen (secondary N) is 1. The SMILES string of the molecule is COCCNCC(=O)N(C)Cc1ccccc1C. The Bertz CT molecular complexity index is 380. The van der Waals surface area contributed by atoms with E-state index in [2.05, 4.69) is 24.4 Å². The number of methoxy groups -OCH3 is 1.